The van der Waals surface area contributed by atoms with Crippen molar-refractivity contribution in [1.29, 1.82) is 0 Å². The maximum Gasteiger partial charge on any atom is 0.236 e. The molecule has 124 valence electrons. The number of furan rings is 1. The quantitative estimate of drug-likeness (QED) is 0.818. The number of hydrogen-bond acceptors (Lipinski definition) is 4. The first kappa shape index (κ1) is 15.8. The van der Waals surface area contributed by atoms with E-state index in [2.05, 4.69) is 10.00 Å². The fourth-order valence-corrected chi connectivity index (χ4v) is 3.12. The number of carbonyl (C=O) groups excluding carboxylic acids is 1. The maximum atomic E-state index is 12.5. The molecule has 2 aromatic rings. The molecule has 6 nitrogen and oxygen atoms in total. The third kappa shape index (κ3) is 4.22. The summed E-state index contributed by atoms with van der Waals surface area (Å²) >= 11 is 0. The Kier molecular flexibility index (Phi) is 5.12. The number of rotatable bonds is 6. The van der Waals surface area contributed by atoms with Crippen LogP contribution in [0.3, 0.4) is 0 Å². The van der Waals surface area contributed by atoms with Gasteiger partial charge in [-0.25, -0.2) is 0 Å². The molecule has 1 atom stereocenters. The van der Waals surface area contributed by atoms with E-state index in [-0.39, 0.29) is 5.91 Å². The second-order valence-corrected chi connectivity index (χ2v) is 6.18. The van der Waals surface area contributed by atoms with E-state index in [1.807, 2.05) is 36.1 Å². The van der Waals surface area contributed by atoms with Gasteiger partial charge in [0.05, 0.1) is 25.9 Å². The number of hydrogen-bond donors (Lipinski definition) is 0. The number of amides is 1. The van der Waals surface area contributed by atoms with Gasteiger partial charge in [0.1, 0.15) is 5.76 Å². The minimum absolute atomic E-state index is 0.133. The first-order valence-corrected chi connectivity index (χ1v) is 8.20. The van der Waals surface area contributed by atoms with Crippen molar-refractivity contribution >= 4 is 5.91 Å². The summed E-state index contributed by atoms with van der Waals surface area (Å²) in [6, 6.07) is 6.06. The van der Waals surface area contributed by atoms with Crippen LogP contribution in [0.5, 0.6) is 0 Å². The number of aromatic nitrogens is 2. The van der Waals surface area contributed by atoms with Gasteiger partial charge in [-0.3, -0.25) is 14.4 Å². The average molecular weight is 316 g/mol. The molecule has 0 aromatic carbocycles. The highest BCUT2D eigenvalue weighted by Gasteiger charge is 2.26. The molecule has 1 saturated heterocycles. The second kappa shape index (κ2) is 7.46. The lowest BCUT2D eigenvalue weighted by Crippen LogP contribution is -2.47. The van der Waals surface area contributed by atoms with Crippen molar-refractivity contribution in [3.8, 4) is 0 Å². The van der Waals surface area contributed by atoms with Crippen molar-refractivity contribution < 1.29 is 9.21 Å². The highest BCUT2D eigenvalue weighted by atomic mass is 16.3. The standard InChI is InChI=1S/C17H24N4O2/c1-19(13-16-7-4-11-23-16)17(22)14-20-9-3-2-6-15(20)12-21-10-5-8-18-21/h4-5,7-8,10-11,15H,2-3,6,9,12-14H2,1H3/t15-/m0/s1. The van der Waals surface area contributed by atoms with Crippen molar-refractivity contribution in [2.75, 3.05) is 20.1 Å². The SMILES string of the molecule is CN(Cc1ccco1)C(=O)CN1CCCC[C@H]1Cn1cccn1. The minimum Gasteiger partial charge on any atom is -0.467 e. The summed E-state index contributed by atoms with van der Waals surface area (Å²) < 4.78 is 7.27. The van der Waals surface area contributed by atoms with Gasteiger partial charge in [-0.2, -0.15) is 5.10 Å². The van der Waals surface area contributed by atoms with Crippen LogP contribution in [0, 0.1) is 0 Å². The summed E-state index contributed by atoms with van der Waals surface area (Å²) in [4.78, 5) is 16.5. The third-order valence-electron chi connectivity index (χ3n) is 4.44. The largest absolute Gasteiger partial charge is 0.467 e. The zero-order chi connectivity index (χ0) is 16.1. The first-order valence-electron chi connectivity index (χ1n) is 8.20. The van der Waals surface area contributed by atoms with E-state index in [1.54, 1.807) is 17.4 Å². The monoisotopic (exact) mass is 316 g/mol. The van der Waals surface area contributed by atoms with Gasteiger partial charge in [0.15, 0.2) is 0 Å². The Hall–Kier alpha value is -2.08. The minimum atomic E-state index is 0.133. The molecule has 0 unspecified atom stereocenters. The smallest absolute Gasteiger partial charge is 0.236 e. The van der Waals surface area contributed by atoms with E-state index in [1.165, 1.54) is 6.42 Å². The summed E-state index contributed by atoms with van der Waals surface area (Å²) in [6.45, 7) is 2.81. The highest BCUT2D eigenvalue weighted by Crippen LogP contribution is 2.18. The Morgan fingerprint density at radius 3 is 3.09 bits per heavy atom. The van der Waals surface area contributed by atoms with Gasteiger partial charge >= 0.3 is 0 Å². The van der Waals surface area contributed by atoms with E-state index in [0.717, 1.165) is 31.7 Å². The van der Waals surface area contributed by atoms with Crippen molar-refractivity contribution in [2.24, 2.45) is 0 Å². The molecular weight excluding hydrogens is 292 g/mol. The molecule has 3 rings (SSSR count). The predicted molar refractivity (Wildman–Crippen MR) is 86.6 cm³/mol. The van der Waals surface area contributed by atoms with E-state index in [0.29, 0.717) is 19.1 Å². The molecule has 6 heteroatoms. The van der Waals surface area contributed by atoms with Crippen LogP contribution in [-0.4, -0.2) is 51.7 Å². The normalized spacial score (nSPS) is 18.9. The third-order valence-corrected chi connectivity index (χ3v) is 4.44. The zero-order valence-electron chi connectivity index (χ0n) is 13.6. The van der Waals surface area contributed by atoms with Gasteiger partial charge in [-0.05, 0) is 37.6 Å². The summed E-state index contributed by atoms with van der Waals surface area (Å²) in [6.07, 6.45) is 8.92. The molecule has 1 fully saturated rings. The molecule has 1 aliphatic rings. The van der Waals surface area contributed by atoms with Gasteiger partial charge in [0.25, 0.3) is 0 Å². The van der Waals surface area contributed by atoms with Crippen LogP contribution in [-0.2, 0) is 17.9 Å². The lowest BCUT2D eigenvalue weighted by molar-refractivity contribution is -0.133. The van der Waals surface area contributed by atoms with Crippen LogP contribution < -0.4 is 0 Å². The molecule has 0 saturated carbocycles. The van der Waals surface area contributed by atoms with Gasteiger partial charge in [-0.1, -0.05) is 6.42 Å². The van der Waals surface area contributed by atoms with Crippen LogP contribution >= 0.6 is 0 Å². The van der Waals surface area contributed by atoms with E-state index >= 15 is 0 Å². The molecule has 23 heavy (non-hydrogen) atoms. The second-order valence-electron chi connectivity index (χ2n) is 6.18. The van der Waals surface area contributed by atoms with Crippen LogP contribution in [0.15, 0.2) is 41.3 Å². The summed E-state index contributed by atoms with van der Waals surface area (Å²) in [7, 11) is 1.83. The fourth-order valence-electron chi connectivity index (χ4n) is 3.12. The lowest BCUT2D eigenvalue weighted by Gasteiger charge is -2.36. The van der Waals surface area contributed by atoms with Crippen LogP contribution in [0.2, 0.25) is 0 Å². The Labute approximate surface area is 136 Å². The van der Waals surface area contributed by atoms with E-state index in [4.69, 9.17) is 4.42 Å². The molecule has 0 aliphatic carbocycles. The predicted octanol–water partition coefficient (Wildman–Crippen LogP) is 1.99. The molecule has 0 N–H and O–H groups in total. The van der Waals surface area contributed by atoms with Crippen LogP contribution in [0.25, 0.3) is 0 Å². The highest BCUT2D eigenvalue weighted by molar-refractivity contribution is 5.78. The first-order chi connectivity index (χ1) is 11.2. The molecule has 0 radical (unpaired) electrons. The number of likely N-dealkylation sites (N-methyl/N-ethyl adjacent to an activating group) is 1. The average Bonchev–Trinajstić information content (AvgIpc) is 3.23. The number of nitrogens with zero attached hydrogens (tertiary/aromatic N) is 4. The Morgan fingerprint density at radius 2 is 2.35 bits per heavy atom. The molecule has 1 amide bonds. The van der Waals surface area contributed by atoms with E-state index < -0.39 is 0 Å². The van der Waals surface area contributed by atoms with Crippen molar-refractivity contribution in [1.82, 2.24) is 19.6 Å². The van der Waals surface area contributed by atoms with Gasteiger partial charge in [0.2, 0.25) is 5.91 Å². The summed E-state index contributed by atoms with van der Waals surface area (Å²) in [5, 5.41) is 4.29. The Morgan fingerprint density at radius 1 is 1.43 bits per heavy atom. The lowest BCUT2D eigenvalue weighted by atomic mass is 10.0. The van der Waals surface area contributed by atoms with Gasteiger partial charge in [0, 0.05) is 25.5 Å². The van der Waals surface area contributed by atoms with Crippen molar-refractivity contribution in [2.45, 2.75) is 38.4 Å². The van der Waals surface area contributed by atoms with E-state index in [9.17, 15) is 4.79 Å². The Balaban J connectivity index is 1.56. The molecule has 2 aromatic heterocycles. The molecule has 0 spiro atoms. The Bertz CT molecular complexity index is 594. The number of piperidine rings is 1. The summed E-state index contributed by atoms with van der Waals surface area (Å²) in [5.74, 6) is 0.946. The van der Waals surface area contributed by atoms with Gasteiger partial charge in [-0.15, -0.1) is 0 Å². The molecule has 3 heterocycles. The topological polar surface area (TPSA) is 54.5 Å². The fraction of sp³-hybridized carbons (Fsp3) is 0.529. The van der Waals surface area contributed by atoms with Crippen molar-refractivity contribution in [3.05, 3.63) is 42.6 Å². The summed E-state index contributed by atoms with van der Waals surface area (Å²) in [5.41, 5.74) is 0. The van der Waals surface area contributed by atoms with Gasteiger partial charge < -0.3 is 9.32 Å². The van der Waals surface area contributed by atoms with Crippen molar-refractivity contribution in [3.63, 3.8) is 0 Å². The molecule has 0 bridgehead atoms. The zero-order valence-corrected chi connectivity index (χ0v) is 13.6. The number of likely N-dealkylation sites (tertiary alicyclic amines) is 1. The van der Waals surface area contributed by atoms with Crippen LogP contribution in [0.1, 0.15) is 25.0 Å². The maximum absolute atomic E-state index is 12.5. The molecular formula is C17H24N4O2. The molecule has 1 aliphatic heterocycles. The van der Waals surface area contributed by atoms with Crippen LogP contribution in [0.4, 0.5) is 0 Å². The number of carbonyl (C=O) groups is 1.